The van der Waals surface area contributed by atoms with Gasteiger partial charge in [-0.05, 0) is 36.1 Å². The number of aryl methyl sites for hydroxylation is 2. The van der Waals surface area contributed by atoms with Gasteiger partial charge in [-0.15, -0.1) is 0 Å². The number of carbonyl (C=O) groups excluding carboxylic acids is 4. The molecule has 1 saturated heterocycles. The molecule has 7 nitrogen and oxygen atoms in total. The highest BCUT2D eigenvalue weighted by Gasteiger charge is 2.40. The van der Waals surface area contributed by atoms with Crippen molar-refractivity contribution in [2.75, 3.05) is 18.2 Å². The van der Waals surface area contributed by atoms with Crippen molar-refractivity contribution < 1.29 is 23.9 Å². The van der Waals surface area contributed by atoms with Crippen LogP contribution in [0.2, 0.25) is 0 Å². The minimum absolute atomic E-state index is 0.0438. The Hall–Kier alpha value is -3.48. The fourth-order valence-electron chi connectivity index (χ4n) is 4.25. The first-order valence-electron chi connectivity index (χ1n) is 10.5. The van der Waals surface area contributed by atoms with Crippen molar-refractivity contribution in [3.05, 3.63) is 64.7 Å². The van der Waals surface area contributed by atoms with E-state index in [4.69, 9.17) is 4.74 Å². The van der Waals surface area contributed by atoms with Gasteiger partial charge in [0.1, 0.15) is 0 Å². The molecule has 1 fully saturated rings. The molecule has 3 amide bonds. The Morgan fingerprint density at radius 1 is 0.935 bits per heavy atom. The molecule has 4 rings (SSSR count). The van der Waals surface area contributed by atoms with Crippen LogP contribution in [-0.2, 0) is 27.2 Å². The Balaban J connectivity index is 1.44. The molecule has 160 valence electrons. The minimum atomic E-state index is -0.641. The Morgan fingerprint density at radius 2 is 1.52 bits per heavy atom. The zero-order valence-electron chi connectivity index (χ0n) is 17.6. The van der Waals surface area contributed by atoms with E-state index in [1.165, 1.54) is 0 Å². The maximum absolute atomic E-state index is 12.7. The summed E-state index contributed by atoms with van der Waals surface area (Å²) in [6.07, 6.45) is 1.60. The number of anilines is 1. The summed E-state index contributed by atoms with van der Waals surface area (Å²) in [5, 5.41) is 0. The zero-order chi connectivity index (χ0) is 22.1. The first-order chi connectivity index (χ1) is 15.0. The molecular weight excluding hydrogens is 396 g/mol. The van der Waals surface area contributed by atoms with Crippen LogP contribution >= 0.6 is 0 Å². The first kappa shape index (κ1) is 20.8. The van der Waals surface area contributed by atoms with Crippen LogP contribution in [0, 0.1) is 5.92 Å². The highest BCUT2D eigenvalue weighted by atomic mass is 16.5. The number of amides is 3. The van der Waals surface area contributed by atoms with Crippen molar-refractivity contribution in [3.8, 4) is 0 Å². The van der Waals surface area contributed by atoms with Crippen LogP contribution in [0.3, 0.4) is 0 Å². The maximum Gasteiger partial charge on any atom is 0.313 e. The lowest BCUT2D eigenvalue weighted by Crippen LogP contribution is -2.35. The van der Waals surface area contributed by atoms with Crippen LogP contribution in [0.25, 0.3) is 0 Å². The molecule has 0 spiro atoms. The summed E-state index contributed by atoms with van der Waals surface area (Å²) in [5.41, 5.74) is 3.61. The predicted octanol–water partition coefficient (Wildman–Crippen LogP) is 2.96. The number of esters is 1. The van der Waals surface area contributed by atoms with Crippen LogP contribution in [0.4, 0.5) is 5.69 Å². The van der Waals surface area contributed by atoms with E-state index >= 15 is 0 Å². The van der Waals surface area contributed by atoms with Crippen molar-refractivity contribution in [2.24, 2.45) is 5.92 Å². The van der Waals surface area contributed by atoms with Crippen LogP contribution in [0.15, 0.2) is 42.5 Å². The highest BCUT2D eigenvalue weighted by Crippen LogP contribution is 2.33. The first-order valence-corrected chi connectivity index (χ1v) is 10.5. The van der Waals surface area contributed by atoms with Gasteiger partial charge in [0.05, 0.1) is 17.0 Å². The van der Waals surface area contributed by atoms with Gasteiger partial charge in [-0.3, -0.25) is 19.2 Å². The summed E-state index contributed by atoms with van der Waals surface area (Å²) >= 11 is 0. The molecule has 2 aromatic carbocycles. The van der Waals surface area contributed by atoms with Gasteiger partial charge in [-0.2, -0.15) is 0 Å². The van der Waals surface area contributed by atoms with E-state index < -0.39 is 30.4 Å². The van der Waals surface area contributed by atoms with Crippen LogP contribution < -0.4 is 4.90 Å². The number of rotatable bonds is 6. The lowest BCUT2D eigenvalue weighted by molar-refractivity contribution is -0.151. The summed E-state index contributed by atoms with van der Waals surface area (Å²) in [4.78, 5) is 52.8. The summed E-state index contributed by atoms with van der Waals surface area (Å²) in [6, 6.07) is 12.5. The number of benzene rings is 2. The molecule has 0 bridgehead atoms. The molecular formula is C24H24N2O5. The van der Waals surface area contributed by atoms with E-state index in [0.29, 0.717) is 11.1 Å². The smallest absolute Gasteiger partial charge is 0.313 e. The maximum atomic E-state index is 12.7. The summed E-state index contributed by atoms with van der Waals surface area (Å²) in [6.45, 7) is 3.84. The Labute approximate surface area is 180 Å². The van der Waals surface area contributed by atoms with E-state index in [9.17, 15) is 19.2 Å². The molecule has 0 aromatic heterocycles. The van der Waals surface area contributed by atoms with E-state index in [0.717, 1.165) is 34.6 Å². The Kier molecular flexibility index (Phi) is 5.59. The molecule has 2 aromatic rings. The van der Waals surface area contributed by atoms with E-state index in [1.54, 1.807) is 29.2 Å². The molecule has 31 heavy (non-hydrogen) atoms. The largest absolute Gasteiger partial charge is 0.443 e. The number of hydrogen-bond donors (Lipinski definition) is 0. The topological polar surface area (TPSA) is 84.0 Å². The van der Waals surface area contributed by atoms with Gasteiger partial charge in [0, 0.05) is 18.7 Å². The molecule has 0 saturated carbocycles. The van der Waals surface area contributed by atoms with Gasteiger partial charge < -0.3 is 9.64 Å². The molecule has 1 atom stereocenters. The fraction of sp³-hybridized carbons (Fsp3) is 0.333. The van der Waals surface area contributed by atoms with Gasteiger partial charge in [-0.25, -0.2) is 4.90 Å². The number of ether oxygens (including phenoxy) is 1. The van der Waals surface area contributed by atoms with E-state index in [1.807, 2.05) is 32.0 Å². The average molecular weight is 420 g/mol. The second-order valence-electron chi connectivity index (χ2n) is 7.71. The molecule has 0 unspecified atom stereocenters. The van der Waals surface area contributed by atoms with E-state index in [-0.39, 0.29) is 18.9 Å². The average Bonchev–Trinajstić information content (AvgIpc) is 3.29. The van der Waals surface area contributed by atoms with Crippen molar-refractivity contribution in [1.82, 2.24) is 4.90 Å². The number of fused-ring (bicyclic) bond motifs is 1. The van der Waals surface area contributed by atoms with E-state index in [2.05, 4.69) is 0 Å². The van der Waals surface area contributed by atoms with Crippen molar-refractivity contribution >= 4 is 29.4 Å². The van der Waals surface area contributed by atoms with Gasteiger partial charge >= 0.3 is 5.97 Å². The molecule has 2 aliphatic heterocycles. The van der Waals surface area contributed by atoms with Crippen molar-refractivity contribution in [2.45, 2.75) is 33.1 Å². The monoisotopic (exact) mass is 420 g/mol. The third kappa shape index (κ3) is 3.60. The summed E-state index contributed by atoms with van der Waals surface area (Å²) < 4.78 is 5.29. The highest BCUT2D eigenvalue weighted by molar-refractivity contribution is 6.21. The molecule has 2 aliphatic rings. The van der Waals surface area contributed by atoms with Crippen molar-refractivity contribution in [3.63, 3.8) is 0 Å². The molecule has 7 heteroatoms. The molecule has 2 heterocycles. The fourth-order valence-corrected chi connectivity index (χ4v) is 4.25. The Bertz CT molecular complexity index is 1020. The normalized spacial score (nSPS) is 18.0. The number of hydrogen-bond acceptors (Lipinski definition) is 5. The summed E-state index contributed by atoms with van der Waals surface area (Å²) in [5.74, 6) is -2.32. The third-order valence-corrected chi connectivity index (χ3v) is 5.91. The number of imide groups is 1. The molecule has 0 aliphatic carbocycles. The molecule has 0 N–H and O–H groups in total. The van der Waals surface area contributed by atoms with Crippen LogP contribution in [0.1, 0.15) is 52.1 Å². The van der Waals surface area contributed by atoms with Crippen molar-refractivity contribution in [1.29, 1.82) is 0 Å². The SMILES string of the molecule is CCc1cccc(CC)c1N1C[C@@H](C(=O)OCN2C(=O)c3ccccc3C2=O)CC1=O. The van der Waals surface area contributed by atoms with Gasteiger partial charge in [-0.1, -0.05) is 44.2 Å². The second kappa shape index (κ2) is 8.34. The van der Waals surface area contributed by atoms with Gasteiger partial charge in [0.25, 0.3) is 11.8 Å². The van der Waals surface area contributed by atoms with Gasteiger partial charge in [0.15, 0.2) is 6.73 Å². The van der Waals surface area contributed by atoms with Gasteiger partial charge in [0.2, 0.25) is 5.91 Å². The quantitative estimate of drug-likeness (QED) is 0.530. The number of carbonyl (C=O) groups is 4. The zero-order valence-corrected chi connectivity index (χ0v) is 17.6. The second-order valence-corrected chi connectivity index (χ2v) is 7.71. The number of para-hydroxylation sites is 1. The summed E-state index contributed by atoms with van der Waals surface area (Å²) in [7, 11) is 0. The third-order valence-electron chi connectivity index (χ3n) is 5.91. The molecule has 0 radical (unpaired) electrons. The lowest BCUT2D eigenvalue weighted by atomic mass is 10.0. The standard InChI is InChI=1S/C24H24N2O5/c1-3-15-8-7-9-16(4-2)21(15)25-13-17(12-20(25)27)24(30)31-14-26-22(28)18-10-5-6-11-19(18)23(26)29/h5-11,17H,3-4,12-14H2,1-2H3/t17-/m0/s1. The minimum Gasteiger partial charge on any atom is -0.443 e. The number of nitrogens with zero attached hydrogens (tertiary/aromatic N) is 2. The van der Waals surface area contributed by atoms with Crippen LogP contribution in [-0.4, -0.2) is 41.9 Å². The Morgan fingerprint density at radius 3 is 2.06 bits per heavy atom. The predicted molar refractivity (Wildman–Crippen MR) is 114 cm³/mol. The van der Waals surface area contributed by atoms with Crippen LogP contribution in [0.5, 0.6) is 0 Å². The lowest BCUT2D eigenvalue weighted by Gasteiger charge is -2.23.